The first-order valence-corrected chi connectivity index (χ1v) is 11.4. The van der Waals surface area contributed by atoms with Gasteiger partial charge in [0, 0.05) is 24.9 Å². The highest BCUT2D eigenvalue weighted by Crippen LogP contribution is 2.32. The van der Waals surface area contributed by atoms with Gasteiger partial charge in [-0.15, -0.1) is 11.8 Å². The van der Waals surface area contributed by atoms with Crippen molar-refractivity contribution in [3.05, 3.63) is 41.9 Å². The van der Waals surface area contributed by atoms with Crippen LogP contribution in [-0.4, -0.2) is 44.4 Å². The van der Waals surface area contributed by atoms with Gasteiger partial charge in [0.15, 0.2) is 17.5 Å². The first-order valence-electron chi connectivity index (χ1n) is 10.2. The normalized spacial score (nSPS) is 14.6. The van der Waals surface area contributed by atoms with Crippen molar-refractivity contribution in [2.75, 3.05) is 29.6 Å². The maximum absolute atomic E-state index is 9.83. The van der Waals surface area contributed by atoms with Gasteiger partial charge in [0.05, 0.1) is 16.9 Å². The quantitative estimate of drug-likeness (QED) is 0.566. The first kappa shape index (κ1) is 21.1. The molecule has 1 saturated heterocycles. The molecule has 160 valence electrons. The fourth-order valence-corrected chi connectivity index (χ4v) is 3.87. The number of hydrogen-bond donors (Lipinski definition) is 1. The third kappa shape index (κ3) is 4.61. The molecule has 0 bridgehead atoms. The molecule has 3 aromatic rings. The van der Waals surface area contributed by atoms with E-state index in [1.807, 2.05) is 18.4 Å². The van der Waals surface area contributed by atoms with Gasteiger partial charge in [0.1, 0.15) is 18.0 Å². The summed E-state index contributed by atoms with van der Waals surface area (Å²) in [4.78, 5) is 19.7. The van der Waals surface area contributed by atoms with Gasteiger partial charge in [-0.25, -0.2) is 15.0 Å². The molecule has 0 spiro atoms. The van der Waals surface area contributed by atoms with E-state index >= 15 is 0 Å². The Morgan fingerprint density at radius 1 is 1.23 bits per heavy atom. The number of pyridine rings is 1. The minimum absolute atomic E-state index is 0.224. The van der Waals surface area contributed by atoms with Crippen LogP contribution < -0.4 is 10.2 Å². The van der Waals surface area contributed by atoms with Crippen LogP contribution in [0.25, 0.3) is 0 Å². The lowest BCUT2D eigenvalue weighted by atomic mass is 9.96. The predicted molar refractivity (Wildman–Crippen MR) is 119 cm³/mol. The van der Waals surface area contributed by atoms with Crippen LogP contribution >= 0.6 is 11.8 Å². The summed E-state index contributed by atoms with van der Waals surface area (Å²) in [5, 5.41) is 18.0. The zero-order valence-electron chi connectivity index (χ0n) is 17.7. The molecule has 0 aliphatic carbocycles. The molecule has 0 aromatic carbocycles. The Kier molecular flexibility index (Phi) is 6.32. The van der Waals surface area contributed by atoms with Crippen molar-refractivity contribution in [2.45, 2.75) is 43.6 Å². The molecule has 0 radical (unpaired) electrons. The number of anilines is 3. The first-order chi connectivity index (χ1) is 15.1. The van der Waals surface area contributed by atoms with Crippen molar-refractivity contribution >= 4 is 29.1 Å². The van der Waals surface area contributed by atoms with E-state index in [0.717, 1.165) is 42.5 Å². The van der Waals surface area contributed by atoms with Crippen LogP contribution in [0, 0.1) is 11.3 Å². The number of nitrogens with zero attached hydrogens (tertiary/aromatic N) is 7. The van der Waals surface area contributed by atoms with Crippen molar-refractivity contribution in [3.63, 3.8) is 0 Å². The highest BCUT2D eigenvalue weighted by Gasteiger charge is 2.28. The molecule has 0 unspecified atom stereocenters. The second-order valence-corrected chi connectivity index (χ2v) is 8.48. The van der Waals surface area contributed by atoms with Crippen molar-refractivity contribution in [1.29, 1.82) is 5.26 Å². The SMILES string of the molecule is CSc1ccc(Nc2ncnc(N3CCC(c4nc(C(C)C)no4)CC3)c2C#N)cn1. The Hall–Kier alpha value is -3.19. The highest BCUT2D eigenvalue weighted by atomic mass is 32.2. The van der Waals surface area contributed by atoms with Gasteiger partial charge in [-0.2, -0.15) is 10.2 Å². The van der Waals surface area contributed by atoms with Gasteiger partial charge in [0.2, 0.25) is 5.89 Å². The second kappa shape index (κ2) is 9.31. The molecular formula is C21H24N8OS. The fraction of sp³-hybridized carbons (Fsp3) is 0.429. The minimum atomic E-state index is 0.224. The van der Waals surface area contributed by atoms with E-state index in [4.69, 9.17) is 4.52 Å². The fourth-order valence-electron chi connectivity index (χ4n) is 3.51. The summed E-state index contributed by atoms with van der Waals surface area (Å²) in [7, 11) is 0. The molecule has 1 aliphatic heterocycles. The zero-order valence-corrected chi connectivity index (χ0v) is 18.6. The topological polar surface area (TPSA) is 117 Å². The molecule has 0 saturated carbocycles. The number of nitrogens with one attached hydrogen (secondary N) is 1. The average Bonchev–Trinajstić information content (AvgIpc) is 3.30. The molecule has 31 heavy (non-hydrogen) atoms. The van der Waals surface area contributed by atoms with Crippen molar-refractivity contribution in [1.82, 2.24) is 25.1 Å². The predicted octanol–water partition coefficient (Wildman–Crippen LogP) is 4.10. The van der Waals surface area contributed by atoms with Crippen LogP contribution in [0.2, 0.25) is 0 Å². The van der Waals surface area contributed by atoms with E-state index < -0.39 is 0 Å². The van der Waals surface area contributed by atoms with Gasteiger partial charge in [-0.1, -0.05) is 19.0 Å². The van der Waals surface area contributed by atoms with E-state index in [2.05, 4.69) is 55.2 Å². The van der Waals surface area contributed by atoms with Gasteiger partial charge in [0.25, 0.3) is 0 Å². The van der Waals surface area contributed by atoms with Crippen LogP contribution in [-0.2, 0) is 0 Å². The summed E-state index contributed by atoms with van der Waals surface area (Å²) >= 11 is 1.58. The maximum Gasteiger partial charge on any atom is 0.229 e. The molecule has 4 rings (SSSR count). The van der Waals surface area contributed by atoms with E-state index in [1.54, 1.807) is 18.0 Å². The molecule has 3 aromatic heterocycles. The lowest BCUT2D eigenvalue weighted by Gasteiger charge is -2.31. The highest BCUT2D eigenvalue weighted by molar-refractivity contribution is 7.98. The molecule has 1 aliphatic rings. The molecule has 10 heteroatoms. The Morgan fingerprint density at radius 2 is 2.03 bits per heavy atom. The summed E-state index contributed by atoms with van der Waals surface area (Å²) in [6.07, 6.45) is 6.91. The Bertz CT molecular complexity index is 1070. The molecule has 0 atom stereocenters. The van der Waals surface area contributed by atoms with Gasteiger partial charge < -0.3 is 14.7 Å². The third-order valence-corrected chi connectivity index (χ3v) is 5.92. The maximum atomic E-state index is 9.83. The van der Waals surface area contributed by atoms with E-state index in [1.165, 1.54) is 6.33 Å². The average molecular weight is 437 g/mol. The van der Waals surface area contributed by atoms with Crippen molar-refractivity contribution in [2.24, 2.45) is 0 Å². The van der Waals surface area contributed by atoms with Crippen LogP contribution in [0.5, 0.6) is 0 Å². The van der Waals surface area contributed by atoms with Crippen molar-refractivity contribution < 1.29 is 4.52 Å². The van der Waals surface area contributed by atoms with Gasteiger partial charge in [-0.3, -0.25) is 0 Å². The minimum Gasteiger partial charge on any atom is -0.355 e. The Labute approximate surface area is 185 Å². The standard InChI is InChI=1S/C21H24N8OS/c1-13(2)18-27-21(30-28-18)14-6-8-29(9-7-14)20-16(10-22)19(24-12-25-20)26-15-4-5-17(31-3)23-11-15/h4-5,11-14H,6-9H2,1-3H3,(H,24,25,26). The summed E-state index contributed by atoms with van der Waals surface area (Å²) in [5.74, 6) is 3.04. The lowest BCUT2D eigenvalue weighted by molar-refractivity contribution is 0.325. The zero-order chi connectivity index (χ0) is 21.8. The molecule has 1 N–H and O–H groups in total. The number of thioether (sulfide) groups is 1. The molecule has 4 heterocycles. The van der Waals surface area contributed by atoms with Crippen molar-refractivity contribution in [3.8, 4) is 6.07 Å². The van der Waals surface area contributed by atoms with E-state index in [0.29, 0.717) is 23.1 Å². The molecular weight excluding hydrogens is 412 g/mol. The number of piperidine rings is 1. The van der Waals surface area contributed by atoms with Crippen LogP contribution in [0.1, 0.15) is 55.8 Å². The molecule has 0 amide bonds. The number of hydrogen-bond acceptors (Lipinski definition) is 10. The molecule has 9 nitrogen and oxygen atoms in total. The monoisotopic (exact) mass is 436 g/mol. The van der Waals surface area contributed by atoms with E-state index in [-0.39, 0.29) is 11.8 Å². The second-order valence-electron chi connectivity index (χ2n) is 7.65. The summed E-state index contributed by atoms with van der Waals surface area (Å²) in [6, 6.07) is 6.11. The number of rotatable bonds is 6. The summed E-state index contributed by atoms with van der Waals surface area (Å²) < 4.78 is 5.48. The summed E-state index contributed by atoms with van der Waals surface area (Å²) in [6.45, 7) is 5.60. The van der Waals surface area contributed by atoms with Crippen LogP contribution in [0.3, 0.4) is 0 Å². The molecule has 1 fully saturated rings. The summed E-state index contributed by atoms with van der Waals surface area (Å²) in [5.41, 5.74) is 1.20. The lowest BCUT2D eigenvalue weighted by Crippen LogP contribution is -2.34. The van der Waals surface area contributed by atoms with Crippen LogP contribution in [0.15, 0.2) is 34.2 Å². The van der Waals surface area contributed by atoms with E-state index in [9.17, 15) is 5.26 Å². The van der Waals surface area contributed by atoms with Crippen LogP contribution in [0.4, 0.5) is 17.3 Å². The van der Waals surface area contributed by atoms with Gasteiger partial charge >= 0.3 is 0 Å². The Balaban J connectivity index is 1.48. The number of nitriles is 1. The largest absolute Gasteiger partial charge is 0.355 e. The number of aromatic nitrogens is 5. The smallest absolute Gasteiger partial charge is 0.229 e. The van der Waals surface area contributed by atoms with Gasteiger partial charge in [-0.05, 0) is 31.2 Å². The third-order valence-electron chi connectivity index (χ3n) is 5.26. The Morgan fingerprint density at radius 3 is 2.65 bits per heavy atom.